The van der Waals surface area contributed by atoms with E-state index in [1.807, 2.05) is 24.3 Å². The molecule has 114 valence electrons. The van der Waals surface area contributed by atoms with Crippen molar-refractivity contribution < 1.29 is 9.90 Å². The topological polar surface area (TPSA) is 43.8 Å². The van der Waals surface area contributed by atoms with Crippen LogP contribution in [0.4, 0.5) is 5.69 Å². The molecule has 0 bridgehead atoms. The number of carbonyl (C=O) groups is 1. The second-order valence-corrected chi connectivity index (χ2v) is 6.26. The van der Waals surface area contributed by atoms with Crippen LogP contribution in [0.5, 0.6) is 0 Å². The van der Waals surface area contributed by atoms with E-state index >= 15 is 0 Å². The van der Waals surface area contributed by atoms with E-state index in [1.54, 1.807) is 4.90 Å². The SMILES string of the molecule is CCN(CC)c1ccc(C(=O)N2CC(O)(C3CC3)C2)cc1. The Kier molecular flexibility index (Phi) is 3.66. The van der Waals surface area contributed by atoms with E-state index in [4.69, 9.17) is 0 Å². The van der Waals surface area contributed by atoms with E-state index in [-0.39, 0.29) is 5.91 Å². The van der Waals surface area contributed by atoms with Crippen LogP contribution in [-0.4, -0.2) is 47.7 Å². The number of rotatable bonds is 5. The highest BCUT2D eigenvalue weighted by Crippen LogP contribution is 2.44. The van der Waals surface area contributed by atoms with E-state index in [0.29, 0.717) is 24.6 Å². The quantitative estimate of drug-likeness (QED) is 0.902. The summed E-state index contributed by atoms with van der Waals surface area (Å²) in [5.74, 6) is 0.456. The normalized spacial score (nSPS) is 20.0. The van der Waals surface area contributed by atoms with Crippen LogP contribution in [0.1, 0.15) is 37.0 Å². The maximum Gasteiger partial charge on any atom is 0.254 e. The van der Waals surface area contributed by atoms with Gasteiger partial charge in [0, 0.05) is 24.3 Å². The molecule has 4 heteroatoms. The Morgan fingerprint density at radius 2 is 1.81 bits per heavy atom. The van der Waals surface area contributed by atoms with Crippen molar-refractivity contribution in [1.29, 1.82) is 0 Å². The van der Waals surface area contributed by atoms with E-state index in [0.717, 1.165) is 31.6 Å². The first-order valence-corrected chi connectivity index (χ1v) is 7.94. The fraction of sp³-hybridized carbons (Fsp3) is 0.588. The second kappa shape index (κ2) is 5.34. The van der Waals surface area contributed by atoms with Gasteiger partial charge < -0.3 is 14.9 Å². The molecule has 0 atom stereocenters. The average molecular weight is 288 g/mol. The molecule has 1 aliphatic heterocycles. The third kappa shape index (κ3) is 2.64. The van der Waals surface area contributed by atoms with Crippen molar-refractivity contribution in [3.05, 3.63) is 29.8 Å². The smallest absolute Gasteiger partial charge is 0.254 e. The summed E-state index contributed by atoms with van der Waals surface area (Å²) in [4.78, 5) is 16.4. The summed E-state index contributed by atoms with van der Waals surface area (Å²) in [7, 11) is 0. The lowest BCUT2D eigenvalue weighted by atomic mass is 9.88. The predicted molar refractivity (Wildman–Crippen MR) is 83.6 cm³/mol. The molecule has 2 aliphatic rings. The van der Waals surface area contributed by atoms with Crippen molar-refractivity contribution in [2.24, 2.45) is 5.92 Å². The van der Waals surface area contributed by atoms with Crippen molar-refractivity contribution in [3.63, 3.8) is 0 Å². The zero-order chi connectivity index (χ0) is 15.0. The molecule has 1 saturated carbocycles. The number of nitrogens with zero attached hydrogens (tertiary/aromatic N) is 2. The Morgan fingerprint density at radius 3 is 2.29 bits per heavy atom. The highest BCUT2D eigenvalue weighted by atomic mass is 16.3. The Bertz CT molecular complexity index is 512. The molecule has 0 unspecified atom stereocenters. The van der Waals surface area contributed by atoms with Crippen molar-refractivity contribution in [2.45, 2.75) is 32.3 Å². The molecule has 3 rings (SSSR count). The highest BCUT2D eigenvalue weighted by Gasteiger charge is 2.53. The first kappa shape index (κ1) is 14.4. The zero-order valence-corrected chi connectivity index (χ0v) is 12.9. The van der Waals surface area contributed by atoms with Crippen LogP contribution in [-0.2, 0) is 0 Å². The third-order valence-electron chi connectivity index (χ3n) is 4.80. The van der Waals surface area contributed by atoms with Crippen molar-refractivity contribution in [3.8, 4) is 0 Å². The molecule has 1 N–H and O–H groups in total. The van der Waals surface area contributed by atoms with E-state index in [2.05, 4.69) is 18.7 Å². The molecule has 1 aliphatic carbocycles. The van der Waals surface area contributed by atoms with Gasteiger partial charge in [0.1, 0.15) is 5.60 Å². The fourth-order valence-electron chi connectivity index (χ4n) is 3.22. The van der Waals surface area contributed by atoms with Crippen LogP contribution >= 0.6 is 0 Å². The monoisotopic (exact) mass is 288 g/mol. The molecule has 1 aromatic carbocycles. The van der Waals surface area contributed by atoms with Gasteiger partial charge >= 0.3 is 0 Å². The largest absolute Gasteiger partial charge is 0.386 e. The molecule has 1 heterocycles. The van der Waals surface area contributed by atoms with Crippen LogP contribution in [0.3, 0.4) is 0 Å². The van der Waals surface area contributed by atoms with E-state index in [1.165, 1.54) is 0 Å². The number of carbonyl (C=O) groups excluding carboxylic acids is 1. The molecule has 0 radical (unpaired) electrons. The first-order valence-electron chi connectivity index (χ1n) is 7.94. The molecular weight excluding hydrogens is 264 g/mol. The lowest BCUT2D eigenvalue weighted by Crippen LogP contribution is -2.64. The maximum atomic E-state index is 12.4. The van der Waals surface area contributed by atoms with E-state index < -0.39 is 5.60 Å². The first-order chi connectivity index (χ1) is 10.1. The average Bonchev–Trinajstić information content (AvgIpc) is 3.30. The lowest BCUT2D eigenvalue weighted by molar-refractivity contribution is -0.0958. The molecule has 1 aromatic rings. The highest BCUT2D eigenvalue weighted by molar-refractivity contribution is 5.95. The number of benzene rings is 1. The number of hydrogen-bond acceptors (Lipinski definition) is 3. The summed E-state index contributed by atoms with van der Waals surface area (Å²) < 4.78 is 0. The van der Waals surface area contributed by atoms with Crippen LogP contribution in [0.15, 0.2) is 24.3 Å². The lowest BCUT2D eigenvalue weighted by Gasteiger charge is -2.47. The summed E-state index contributed by atoms with van der Waals surface area (Å²) in [5.41, 5.74) is 1.26. The minimum Gasteiger partial charge on any atom is -0.386 e. The molecule has 0 spiro atoms. The standard InChI is InChI=1S/C17H24N2O2/c1-3-18(4-2)15-9-5-13(6-10-15)16(20)19-11-17(21,12-19)14-7-8-14/h5-6,9-10,14,21H,3-4,7-8,11-12H2,1-2H3. The van der Waals surface area contributed by atoms with Gasteiger partial charge in [0.2, 0.25) is 0 Å². The van der Waals surface area contributed by atoms with Crippen LogP contribution in [0, 0.1) is 5.92 Å². The summed E-state index contributed by atoms with van der Waals surface area (Å²) in [6.07, 6.45) is 2.22. The zero-order valence-electron chi connectivity index (χ0n) is 12.9. The summed E-state index contributed by atoms with van der Waals surface area (Å²) in [6, 6.07) is 7.80. The molecular formula is C17H24N2O2. The molecule has 1 amide bonds. The molecule has 0 aromatic heterocycles. The number of amides is 1. The van der Waals surface area contributed by atoms with Crippen molar-refractivity contribution in [2.75, 3.05) is 31.1 Å². The number of anilines is 1. The molecule has 21 heavy (non-hydrogen) atoms. The van der Waals surface area contributed by atoms with Gasteiger partial charge in [0.15, 0.2) is 0 Å². The van der Waals surface area contributed by atoms with Crippen molar-refractivity contribution >= 4 is 11.6 Å². The Morgan fingerprint density at radius 1 is 1.24 bits per heavy atom. The summed E-state index contributed by atoms with van der Waals surface area (Å²) in [6.45, 7) is 7.17. The number of likely N-dealkylation sites (tertiary alicyclic amines) is 1. The van der Waals surface area contributed by atoms with Gasteiger partial charge in [-0.3, -0.25) is 4.79 Å². The fourth-order valence-corrected chi connectivity index (χ4v) is 3.22. The second-order valence-electron chi connectivity index (χ2n) is 6.26. The van der Waals surface area contributed by atoms with Crippen LogP contribution in [0.2, 0.25) is 0 Å². The van der Waals surface area contributed by atoms with Crippen LogP contribution < -0.4 is 4.90 Å². The van der Waals surface area contributed by atoms with Gasteiger partial charge in [0.25, 0.3) is 5.91 Å². The Balaban J connectivity index is 1.63. The van der Waals surface area contributed by atoms with Crippen molar-refractivity contribution in [1.82, 2.24) is 4.90 Å². The van der Waals surface area contributed by atoms with Gasteiger partial charge in [0.05, 0.1) is 13.1 Å². The summed E-state index contributed by atoms with van der Waals surface area (Å²) >= 11 is 0. The maximum absolute atomic E-state index is 12.4. The van der Waals surface area contributed by atoms with E-state index in [9.17, 15) is 9.90 Å². The minimum absolute atomic E-state index is 0.0337. The molecule has 2 fully saturated rings. The van der Waals surface area contributed by atoms with Gasteiger partial charge in [-0.05, 0) is 56.9 Å². The number of β-amino-alcohol motifs (C(OH)–C–C–N with tert-alkyl or cyclic N) is 1. The summed E-state index contributed by atoms with van der Waals surface area (Å²) in [5, 5.41) is 10.3. The van der Waals surface area contributed by atoms with Gasteiger partial charge in [-0.15, -0.1) is 0 Å². The van der Waals surface area contributed by atoms with Crippen LogP contribution in [0.25, 0.3) is 0 Å². The Hall–Kier alpha value is -1.55. The minimum atomic E-state index is -0.600. The van der Waals surface area contributed by atoms with Gasteiger partial charge in [-0.1, -0.05) is 0 Å². The predicted octanol–water partition coefficient (Wildman–Crippen LogP) is 2.13. The third-order valence-corrected chi connectivity index (χ3v) is 4.80. The Labute approximate surface area is 126 Å². The molecule has 1 saturated heterocycles. The number of hydrogen-bond donors (Lipinski definition) is 1. The van der Waals surface area contributed by atoms with Gasteiger partial charge in [-0.25, -0.2) is 0 Å². The van der Waals surface area contributed by atoms with Gasteiger partial charge in [-0.2, -0.15) is 0 Å². The number of aliphatic hydroxyl groups is 1. The molecule has 4 nitrogen and oxygen atoms in total.